The van der Waals surface area contributed by atoms with Crippen LogP contribution < -0.4 is 5.84 Å². The highest BCUT2D eigenvalue weighted by molar-refractivity contribution is 9.10. The highest BCUT2D eigenvalue weighted by Crippen LogP contribution is 2.11. The van der Waals surface area contributed by atoms with Crippen molar-refractivity contribution in [2.24, 2.45) is 5.84 Å². The number of hydrogen-bond acceptors (Lipinski definition) is 4. The van der Waals surface area contributed by atoms with Gasteiger partial charge in [0.2, 0.25) is 0 Å². The highest BCUT2D eigenvalue weighted by Gasteiger charge is 2.14. The van der Waals surface area contributed by atoms with Crippen LogP contribution in [-0.2, 0) is 9.63 Å². The van der Waals surface area contributed by atoms with E-state index in [1.807, 2.05) is 0 Å². The molecule has 6 heteroatoms. The molecule has 1 amide bonds. The molecule has 0 aromatic heterocycles. The minimum Gasteiger partial charge on any atom is -0.323 e. The molecule has 0 aliphatic heterocycles. The zero-order valence-electron chi connectivity index (χ0n) is 7.94. The van der Waals surface area contributed by atoms with Crippen LogP contribution in [0.15, 0.2) is 28.7 Å². The van der Waals surface area contributed by atoms with Gasteiger partial charge in [0, 0.05) is 17.0 Å². The van der Waals surface area contributed by atoms with Crippen LogP contribution >= 0.6 is 15.9 Å². The Morgan fingerprint density at radius 2 is 1.87 bits per heavy atom. The summed E-state index contributed by atoms with van der Waals surface area (Å²) < 4.78 is 0.843. The van der Waals surface area contributed by atoms with Crippen molar-refractivity contribution in [3.05, 3.63) is 34.3 Å². The van der Waals surface area contributed by atoms with Crippen molar-refractivity contribution < 1.29 is 14.4 Å². The number of hydroxylamine groups is 1. The molecule has 0 saturated heterocycles. The summed E-state index contributed by atoms with van der Waals surface area (Å²) in [6.45, 7) is 1.16. The first-order valence-corrected chi connectivity index (χ1v) is 4.83. The van der Waals surface area contributed by atoms with Crippen LogP contribution in [0, 0.1) is 0 Å². The van der Waals surface area contributed by atoms with E-state index < -0.39 is 11.9 Å². The van der Waals surface area contributed by atoms with Gasteiger partial charge in [0.1, 0.15) is 0 Å². The number of carbonyl (C=O) groups is 2. The third-order valence-electron chi connectivity index (χ3n) is 1.52. The van der Waals surface area contributed by atoms with Crippen molar-refractivity contribution in [2.75, 3.05) is 0 Å². The van der Waals surface area contributed by atoms with Crippen molar-refractivity contribution >= 4 is 27.8 Å². The van der Waals surface area contributed by atoms with E-state index in [0.29, 0.717) is 10.7 Å². The van der Waals surface area contributed by atoms with Gasteiger partial charge in [0.15, 0.2) is 0 Å². The Balaban J connectivity index is 2.76. The topological polar surface area (TPSA) is 72.6 Å². The second-order valence-electron chi connectivity index (χ2n) is 2.72. The fraction of sp³-hybridized carbons (Fsp3) is 0.111. The molecular weight excluding hydrogens is 264 g/mol. The maximum Gasteiger partial charge on any atom is 0.331 e. The standard InChI is InChI=1S/C9H9BrN2O3/c1-6(13)15-12(11)9(14)7-2-4-8(10)5-3-7/h2-5H,11H2,1H3. The first kappa shape index (κ1) is 11.7. The van der Waals surface area contributed by atoms with Crippen LogP contribution in [0.5, 0.6) is 0 Å². The van der Waals surface area contributed by atoms with Crippen LogP contribution in [0.1, 0.15) is 17.3 Å². The smallest absolute Gasteiger partial charge is 0.323 e. The van der Waals surface area contributed by atoms with Crippen molar-refractivity contribution in [3.8, 4) is 0 Å². The maximum atomic E-state index is 11.5. The Morgan fingerprint density at radius 1 is 1.33 bits per heavy atom. The summed E-state index contributed by atoms with van der Waals surface area (Å²) in [5.74, 6) is 3.98. The molecule has 0 fully saturated rings. The Labute approximate surface area is 94.9 Å². The Morgan fingerprint density at radius 3 is 2.33 bits per heavy atom. The van der Waals surface area contributed by atoms with Gasteiger partial charge < -0.3 is 4.84 Å². The van der Waals surface area contributed by atoms with Gasteiger partial charge in [-0.3, -0.25) is 4.79 Å². The second kappa shape index (κ2) is 4.90. The largest absolute Gasteiger partial charge is 0.331 e. The van der Waals surface area contributed by atoms with Crippen molar-refractivity contribution in [3.63, 3.8) is 0 Å². The lowest BCUT2D eigenvalue weighted by molar-refractivity contribution is -0.175. The van der Waals surface area contributed by atoms with Gasteiger partial charge in [-0.05, 0) is 24.3 Å². The summed E-state index contributed by atoms with van der Waals surface area (Å²) in [4.78, 5) is 26.4. The monoisotopic (exact) mass is 272 g/mol. The summed E-state index contributed by atoms with van der Waals surface area (Å²) in [5.41, 5.74) is 0.335. The summed E-state index contributed by atoms with van der Waals surface area (Å²) in [5, 5.41) is 0.408. The summed E-state index contributed by atoms with van der Waals surface area (Å²) in [6.07, 6.45) is 0. The number of benzene rings is 1. The number of rotatable bonds is 1. The molecule has 5 nitrogen and oxygen atoms in total. The van der Waals surface area contributed by atoms with Crippen molar-refractivity contribution in [2.45, 2.75) is 6.92 Å². The van der Waals surface area contributed by atoms with E-state index in [-0.39, 0.29) is 0 Å². The van der Waals surface area contributed by atoms with E-state index >= 15 is 0 Å². The zero-order valence-corrected chi connectivity index (χ0v) is 9.52. The lowest BCUT2D eigenvalue weighted by atomic mass is 10.2. The second-order valence-corrected chi connectivity index (χ2v) is 3.64. The average molecular weight is 273 g/mol. The molecule has 2 N–H and O–H groups in total. The molecule has 80 valence electrons. The quantitative estimate of drug-likeness (QED) is 0.474. The average Bonchev–Trinajstić information content (AvgIpc) is 2.17. The number of nitrogens with two attached hydrogens (primary N) is 1. The van der Waals surface area contributed by atoms with Crippen molar-refractivity contribution in [1.29, 1.82) is 0 Å². The normalized spacial score (nSPS) is 9.53. The minimum absolute atomic E-state index is 0.335. The summed E-state index contributed by atoms with van der Waals surface area (Å²) in [7, 11) is 0. The van der Waals surface area contributed by atoms with E-state index in [1.54, 1.807) is 24.3 Å². The number of nitrogens with zero attached hydrogens (tertiary/aromatic N) is 1. The molecule has 0 aliphatic carbocycles. The minimum atomic E-state index is -0.650. The molecule has 0 radical (unpaired) electrons. The molecule has 15 heavy (non-hydrogen) atoms. The molecule has 1 aromatic carbocycles. The van der Waals surface area contributed by atoms with Crippen LogP contribution in [0.25, 0.3) is 0 Å². The zero-order chi connectivity index (χ0) is 11.4. The number of carbonyl (C=O) groups excluding carboxylic acids is 2. The molecule has 1 rings (SSSR count). The van der Waals surface area contributed by atoms with Gasteiger partial charge in [-0.2, -0.15) is 0 Å². The predicted molar refractivity (Wildman–Crippen MR) is 56.3 cm³/mol. The lowest BCUT2D eigenvalue weighted by Gasteiger charge is -2.13. The van der Waals surface area contributed by atoms with E-state index in [9.17, 15) is 9.59 Å². The predicted octanol–water partition coefficient (Wildman–Crippen LogP) is 1.24. The van der Waals surface area contributed by atoms with E-state index in [4.69, 9.17) is 5.84 Å². The SMILES string of the molecule is CC(=O)ON(N)C(=O)c1ccc(Br)cc1. The number of hydrogen-bond donors (Lipinski definition) is 1. The molecule has 0 heterocycles. The summed E-state index contributed by atoms with van der Waals surface area (Å²) in [6, 6.07) is 6.51. The Hall–Kier alpha value is -1.40. The van der Waals surface area contributed by atoms with Gasteiger partial charge in [0.05, 0.1) is 0 Å². The lowest BCUT2D eigenvalue weighted by Crippen LogP contribution is -2.38. The third-order valence-corrected chi connectivity index (χ3v) is 2.05. The first-order chi connectivity index (χ1) is 7.00. The van der Waals surface area contributed by atoms with E-state index in [2.05, 4.69) is 20.8 Å². The number of amides is 1. The molecule has 1 aromatic rings. The van der Waals surface area contributed by atoms with Gasteiger partial charge in [-0.1, -0.05) is 21.1 Å². The Bertz CT molecular complexity index is 377. The van der Waals surface area contributed by atoms with Crippen molar-refractivity contribution in [1.82, 2.24) is 5.17 Å². The molecule has 0 atom stereocenters. The van der Waals surface area contributed by atoms with Gasteiger partial charge in [0.25, 0.3) is 0 Å². The molecule has 0 saturated carbocycles. The highest BCUT2D eigenvalue weighted by atomic mass is 79.9. The third kappa shape index (κ3) is 3.34. The molecule has 0 bridgehead atoms. The fourth-order valence-electron chi connectivity index (χ4n) is 0.900. The van der Waals surface area contributed by atoms with Crippen LogP contribution in [0.2, 0.25) is 0 Å². The molecule has 0 aliphatic rings. The van der Waals surface area contributed by atoms with E-state index in [0.717, 1.165) is 11.4 Å². The maximum absolute atomic E-state index is 11.5. The Kier molecular flexibility index (Phi) is 3.81. The fourth-order valence-corrected chi connectivity index (χ4v) is 1.16. The molecule has 0 spiro atoms. The van der Waals surface area contributed by atoms with Gasteiger partial charge >= 0.3 is 11.9 Å². The van der Waals surface area contributed by atoms with E-state index in [1.165, 1.54) is 0 Å². The van der Waals surface area contributed by atoms with Crippen LogP contribution in [0.3, 0.4) is 0 Å². The van der Waals surface area contributed by atoms with Gasteiger partial charge in [-0.25, -0.2) is 10.6 Å². The molecule has 0 unspecified atom stereocenters. The number of hydrazine groups is 1. The van der Waals surface area contributed by atoms with Crippen LogP contribution in [0.4, 0.5) is 0 Å². The first-order valence-electron chi connectivity index (χ1n) is 4.04. The number of halogens is 1. The van der Waals surface area contributed by atoms with Gasteiger partial charge in [-0.15, -0.1) is 0 Å². The molecular formula is C9H9BrN2O3. The summed E-state index contributed by atoms with van der Waals surface area (Å²) >= 11 is 3.23. The van der Waals surface area contributed by atoms with Crippen LogP contribution in [-0.4, -0.2) is 17.0 Å².